The zero-order valence-electron chi connectivity index (χ0n) is 15.1. The van der Waals surface area contributed by atoms with Crippen LogP contribution in [0.25, 0.3) is 0 Å². The van der Waals surface area contributed by atoms with Crippen molar-refractivity contribution >= 4 is 40.5 Å². The van der Waals surface area contributed by atoms with Gasteiger partial charge in [0.2, 0.25) is 0 Å². The van der Waals surface area contributed by atoms with Crippen molar-refractivity contribution in [3.8, 4) is 11.5 Å². The molecule has 1 aliphatic heterocycles. The van der Waals surface area contributed by atoms with Gasteiger partial charge >= 0.3 is 0 Å². The Kier molecular flexibility index (Phi) is 5.70. The van der Waals surface area contributed by atoms with Crippen LogP contribution in [0.15, 0.2) is 54.6 Å². The molecule has 0 aromatic heterocycles. The van der Waals surface area contributed by atoms with E-state index in [-0.39, 0.29) is 0 Å². The third-order valence-corrected chi connectivity index (χ3v) is 5.64. The molecule has 0 saturated heterocycles. The second-order valence-corrected chi connectivity index (χ2v) is 8.18. The first kappa shape index (κ1) is 19.4. The average molecular weight is 434 g/mol. The summed E-state index contributed by atoms with van der Waals surface area (Å²) in [5.74, 6) is 1.15. The SMILES string of the molecule is Nc1cc(Cl)c(Oc2ccc3c(c2)CCN(Cc2ccc(Cl)cc2)C3)c(Cl)c1. The highest BCUT2D eigenvalue weighted by atomic mass is 35.5. The Morgan fingerprint density at radius 3 is 2.32 bits per heavy atom. The van der Waals surface area contributed by atoms with E-state index in [1.165, 1.54) is 16.7 Å². The first-order valence-corrected chi connectivity index (χ1v) is 10.1. The van der Waals surface area contributed by atoms with Crippen molar-refractivity contribution in [3.05, 3.63) is 86.4 Å². The van der Waals surface area contributed by atoms with E-state index in [1.54, 1.807) is 12.1 Å². The van der Waals surface area contributed by atoms with E-state index in [2.05, 4.69) is 29.2 Å². The highest BCUT2D eigenvalue weighted by molar-refractivity contribution is 6.37. The number of hydrogen-bond acceptors (Lipinski definition) is 3. The first-order chi connectivity index (χ1) is 13.5. The van der Waals surface area contributed by atoms with Crippen molar-refractivity contribution < 1.29 is 4.74 Å². The maximum atomic E-state index is 6.23. The van der Waals surface area contributed by atoms with Gasteiger partial charge in [-0.1, -0.05) is 53.0 Å². The second-order valence-electron chi connectivity index (χ2n) is 6.93. The molecule has 0 amide bonds. The number of benzene rings is 3. The molecule has 0 atom stereocenters. The second kappa shape index (κ2) is 8.22. The highest BCUT2D eigenvalue weighted by Crippen LogP contribution is 2.38. The van der Waals surface area contributed by atoms with Crippen LogP contribution in [0, 0.1) is 0 Å². The molecular weight excluding hydrogens is 415 g/mol. The van der Waals surface area contributed by atoms with Crippen LogP contribution in [-0.4, -0.2) is 11.4 Å². The summed E-state index contributed by atoms with van der Waals surface area (Å²) in [5.41, 5.74) is 10.1. The standard InChI is InChI=1S/C22H19Cl3N2O/c23-17-4-1-14(2-5-17)12-27-8-7-15-9-19(6-3-16(15)13-27)28-22-20(24)10-18(26)11-21(22)25/h1-6,9-11H,7-8,12-13,26H2. The summed E-state index contributed by atoms with van der Waals surface area (Å²) in [6.07, 6.45) is 0.962. The van der Waals surface area contributed by atoms with Crippen LogP contribution in [0.1, 0.15) is 16.7 Å². The van der Waals surface area contributed by atoms with E-state index in [4.69, 9.17) is 45.3 Å². The molecule has 4 rings (SSSR count). The Bertz CT molecular complexity index is 982. The zero-order valence-corrected chi connectivity index (χ0v) is 17.4. The Balaban J connectivity index is 1.48. The fourth-order valence-electron chi connectivity index (χ4n) is 3.43. The Hall–Kier alpha value is -1.91. The van der Waals surface area contributed by atoms with Crippen LogP contribution in [-0.2, 0) is 19.5 Å². The number of nitrogens with zero attached hydrogens (tertiary/aromatic N) is 1. The van der Waals surface area contributed by atoms with Crippen LogP contribution >= 0.6 is 34.8 Å². The van der Waals surface area contributed by atoms with Crippen LogP contribution < -0.4 is 10.5 Å². The van der Waals surface area contributed by atoms with Gasteiger partial charge in [0, 0.05) is 30.3 Å². The summed E-state index contributed by atoms with van der Waals surface area (Å²) in [5, 5.41) is 1.57. The fraction of sp³-hybridized carbons (Fsp3) is 0.182. The zero-order chi connectivity index (χ0) is 19.7. The van der Waals surface area contributed by atoms with Gasteiger partial charge in [-0.15, -0.1) is 0 Å². The Morgan fingerprint density at radius 1 is 0.893 bits per heavy atom. The van der Waals surface area contributed by atoms with E-state index >= 15 is 0 Å². The Morgan fingerprint density at radius 2 is 1.61 bits per heavy atom. The number of nitrogens with two attached hydrogens (primary N) is 1. The number of nitrogen functional groups attached to an aromatic ring is 1. The van der Waals surface area contributed by atoms with Gasteiger partial charge in [-0.25, -0.2) is 0 Å². The molecule has 144 valence electrons. The smallest absolute Gasteiger partial charge is 0.164 e. The summed E-state index contributed by atoms with van der Waals surface area (Å²) >= 11 is 18.4. The lowest BCUT2D eigenvalue weighted by Crippen LogP contribution is -2.30. The molecule has 0 saturated carbocycles. The van der Waals surface area contributed by atoms with Crippen molar-refractivity contribution in [3.63, 3.8) is 0 Å². The first-order valence-electron chi connectivity index (χ1n) is 8.99. The summed E-state index contributed by atoms with van der Waals surface area (Å²) < 4.78 is 5.95. The van der Waals surface area contributed by atoms with Gasteiger partial charge in [0.15, 0.2) is 5.75 Å². The molecule has 0 unspecified atom stereocenters. The van der Waals surface area contributed by atoms with E-state index in [0.717, 1.165) is 36.8 Å². The molecule has 0 fully saturated rings. The third kappa shape index (κ3) is 4.39. The molecule has 3 aromatic rings. The van der Waals surface area contributed by atoms with E-state index in [9.17, 15) is 0 Å². The minimum absolute atomic E-state index is 0.400. The number of hydrogen-bond donors (Lipinski definition) is 1. The van der Waals surface area contributed by atoms with Crippen LogP contribution in [0.5, 0.6) is 11.5 Å². The quantitative estimate of drug-likeness (QED) is 0.472. The molecule has 0 aliphatic carbocycles. The summed E-state index contributed by atoms with van der Waals surface area (Å²) in [7, 11) is 0. The minimum atomic E-state index is 0.400. The number of rotatable bonds is 4. The van der Waals surface area contributed by atoms with E-state index in [0.29, 0.717) is 21.5 Å². The summed E-state index contributed by atoms with van der Waals surface area (Å²) in [6, 6.07) is 17.4. The molecule has 0 spiro atoms. The van der Waals surface area contributed by atoms with Crippen molar-refractivity contribution in [1.29, 1.82) is 0 Å². The van der Waals surface area contributed by atoms with Crippen molar-refractivity contribution in [2.24, 2.45) is 0 Å². The molecule has 3 nitrogen and oxygen atoms in total. The summed E-state index contributed by atoms with van der Waals surface area (Å²) in [6.45, 7) is 2.80. The van der Waals surface area contributed by atoms with Crippen molar-refractivity contribution in [2.45, 2.75) is 19.5 Å². The largest absolute Gasteiger partial charge is 0.454 e. The Labute approximate surface area is 179 Å². The fourth-order valence-corrected chi connectivity index (χ4v) is 4.14. The van der Waals surface area contributed by atoms with Gasteiger partial charge < -0.3 is 10.5 Å². The number of ether oxygens (including phenoxy) is 1. The molecule has 28 heavy (non-hydrogen) atoms. The molecule has 0 radical (unpaired) electrons. The number of fused-ring (bicyclic) bond motifs is 1. The molecule has 1 heterocycles. The monoisotopic (exact) mass is 432 g/mol. The van der Waals surface area contributed by atoms with Crippen molar-refractivity contribution in [1.82, 2.24) is 4.90 Å². The molecule has 1 aliphatic rings. The molecule has 0 bridgehead atoms. The minimum Gasteiger partial charge on any atom is -0.454 e. The van der Waals surface area contributed by atoms with Crippen LogP contribution in [0.3, 0.4) is 0 Å². The predicted molar refractivity (Wildman–Crippen MR) is 117 cm³/mol. The third-order valence-electron chi connectivity index (χ3n) is 4.83. The lowest BCUT2D eigenvalue weighted by Gasteiger charge is -2.29. The number of anilines is 1. The van der Waals surface area contributed by atoms with E-state index in [1.807, 2.05) is 18.2 Å². The van der Waals surface area contributed by atoms with Crippen LogP contribution in [0.2, 0.25) is 15.1 Å². The summed E-state index contributed by atoms with van der Waals surface area (Å²) in [4.78, 5) is 2.43. The highest BCUT2D eigenvalue weighted by Gasteiger charge is 2.18. The lowest BCUT2D eigenvalue weighted by molar-refractivity contribution is 0.245. The molecular formula is C22H19Cl3N2O. The molecule has 3 aromatic carbocycles. The van der Waals surface area contributed by atoms with Gasteiger partial charge in [0.25, 0.3) is 0 Å². The molecule has 2 N–H and O–H groups in total. The number of halogens is 3. The van der Waals surface area contributed by atoms with E-state index < -0.39 is 0 Å². The predicted octanol–water partition coefficient (Wildman–Crippen LogP) is 6.58. The average Bonchev–Trinajstić information content (AvgIpc) is 2.66. The van der Waals surface area contributed by atoms with Gasteiger partial charge in [-0.3, -0.25) is 4.90 Å². The van der Waals surface area contributed by atoms with Gasteiger partial charge in [0.1, 0.15) is 5.75 Å². The molecule has 6 heteroatoms. The van der Waals surface area contributed by atoms with Crippen molar-refractivity contribution in [2.75, 3.05) is 12.3 Å². The van der Waals surface area contributed by atoms with Gasteiger partial charge in [-0.05, 0) is 59.5 Å². The maximum Gasteiger partial charge on any atom is 0.164 e. The van der Waals surface area contributed by atoms with Crippen LogP contribution in [0.4, 0.5) is 5.69 Å². The maximum absolute atomic E-state index is 6.23. The normalized spacial score (nSPS) is 14.0. The topological polar surface area (TPSA) is 38.5 Å². The lowest BCUT2D eigenvalue weighted by atomic mass is 9.99. The van der Waals surface area contributed by atoms with Gasteiger partial charge in [0.05, 0.1) is 10.0 Å². The van der Waals surface area contributed by atoms with Gasteiger partial charge in [-0.2, -0.15) is 0 Å².